The highest BCUT2D eigenvalue weighted by Crippen LogP contribution is 2.42. The average Bonchev–Trinajstić information content (AvgIpc) is 2.60. The molecule has 0 unspecified atom stereocenters. The molecule has 122 valence electrons. The van der Waals surface area contributed by atoms with Crippen molar-refractivity contribution in [3.05, 3.63) is 63.4 Å². The first-order valence-electron chi connectivity index (χ1n) is 6.95. The van der Waals surface area contributed by atoms with Crippen molar-refractivity contribution in [3.8, 4) is 23.3 Å². The summed E-state index contributed by atoms with van der Waals surface area (Å²) in [6.07, 6.45) is 1.03. The van der Waals surface area contributed by atoms with Gasteiger partial charge in [0, 0.05) is 12.3 Å². The Morgan fingerprint density at radius 1 is 1.28 bits per heavy atom. The van der Waals surface area contributed by atoms with E-state index in [2.05, 4.69) is 0 Å². The van der Waals surface area contributed by atoms with Crippen LogP contribution in [0.3, 0.4) is 0 Å². The number of carboxylic acid groups (broad SMARTS) is 1. The summed E-state index contributed by atoms with van der Waals surface area (Å²) in [6, 6.07) is 6.77. The number of carboxylic acids is 1. The van der Waals surface area contributed by atoms with Crippen molar-refractivity contribution >= 4 is 16.9 Å². The number of hydrogen-bond donors (Lipinski definition) is 1. The van der Waals surface area contributed by atoms with Gasteiger partial charge in [-0.1, -0.05) is 0 Å². The van der Waals surface area contributed by atoms with Crippen LogP contribution in [0.5, 0.6) is 11.5 Å². The van der Waals surface area contributed by atoms with Gasteiger partial charge in [0.05, 0.1) is 22.7 Å². The Bertz CT molecular complexity index is 1210. The van der Waals surface area contributed by atoms with Gasteiger partial charge < -0.3 is 14.4 Å². The van der Waals surface area contributed by atoms with E-state index in [1.807, 2.05) is 6.07 Å². The minimum atomic E-state index is -1.50. The van der Waals surface area contributed by atoms with Crippen LogP contribution < -0.4 is 10.2 Å². The van der Waals surface area contributed by atoms with E-state index in [0.29, 0.717) is 11.8 Å². The number of pyridine rings is 1. The topological polar surface area (TPSA) is 92.3 Å². The Morgan fingerprint density at radius 2 is 2.04 bits per heavy atom. The Labute approximate surface area is 137 Å². The molecule has 25 heavy (non-hydrogen) atoms. The average molecular weight is 340 g/mol. The maximum atomic E-state index is 14.2. The molecule has 0 amide bonds. The van der Waals surface area contributed by atoms with Gasteiger partial charge >= 0.3 is 5.97 Å². The number of fused-ring (bicyclic) bond motifs is 2. The second-order valence-corrected chi connectivity index (χ2v) is 5.34. The van der Waals surface area contributed by atoms with Crippen LogP contribution in [0.2, 0.25) is 0 Å². The first-order chi connectivity index (χ1) is 11.9. The molecule has 1 aromatic heterocycles. The molecular weight excluding hydrogens is 334 g/mol. The number of aromatic nitrogens is 1. The maximum Gasteiger partial charge on any atom is 0.341 e. The van der Waals surface area contributed by atoms with E-state index in [0.717, 1.165) is 6.20 Å². The maximum absolute atomic E-state index is 14.2. The minimum Gasteiger partial charge on any atom is -0.477 e. The summed E-state index contributed by atoms with van der Waals surface area (Å²) >= 11 is 0. The van der Waals surface area contributed by atoms with E-state index in [-0.39, 0.29) is 22.2 Å². The Hall–Kier alpha value is -3.73. The Balaban J connectivity index is 2.23. The van der Waals surface area contributed by atoms with Crippen LogP contribution in [0.25, 0.3) is 16.6 Å². The van der Waals surface area contributed by atoms with Crippen LogP contribution in [0.15, 0.2) is 35.3 Å². The van der Waals surface area contributed by atoms with Gasteiger partial charge in [-0.25, -0.2) is 9.18 Å². The molecule has 0 fully saturated rings. The number of nitriles is 1. The van der Waals surface area contributed by atoms with Crippen molar-refractivity contribution in [1.82, 2.24) is 4.57 Å². The molecule has 6 nitrogen and oxygen atoms in total. The highest BCUT2D eigenvalue weighted by Gasteiger charge is 2.28. The fourth-order valence-corrected chi connectivity index (χ4v) is 2.81. The molecule has 0 saturated heterocycles. The quantitative estimate of drug-likeness (QED) is 0.575. The lowest BCUT2D eigenvalue weighted by molar-refractivity contribution is 0.0695. The summed E-state index contributed by atoms with van der Waals surface area (Å²) in [5.41, 5.74) is -1.10. The third-order valence-corrected chi connectivity index (χ3v) is 3.93. The SMILES string of the molecule is N#Cc1ccc2c(c1)Oc1c(F)c(F)cc3c(=O)c(C(=O)O)cn-2c13. The van der Waals surface area contributed by atoms with Gasteiger partial charge in [0.2, 0.25) is 11.2 Å². The highest BCUT2D eigenvalue weighted by atomic mass is 19.2. The molecule has 8 heteroatoms. The first kappa shape index (κ1) is 14.8. The predicted molar refractivity (Wildman–Crippen MR) is 81.2 cm³/mol. The number of nitrogens with zero attached hydrogens (tertiary/aromatic N) is 2. The van der Waals surface area contributed by atoms with Crippen molar-refractivity contribution in [2.24, 2.45) is 0 Å². The van der Waals surface area contributed by atoms with Crippen molar-refractivity contribution in [2.45, 2.75) is 0 Å². The second kappa shape index (κ2) is 4.88. The molecule has 1 aliphatic heterocycles. The summed E-state index contributed by atoms with van der Waals surface area (Å²) in [6.45, 7) is 0. The second-order valence-electron chi connectivity index (χ2n) is 5.34. The van der Waals surface area contributed by atoms with Gasteiger partial charge in [-0.05, 0) is 18.2 Å². The molecule has 4 rings (SSSR count). The van der Waals surface area contributed by atoms with Crippen LogP contribution in [0.4, 0.5) is 8.78 Å². The Morgan fingerprint density at radius 3 is 2.72 bits per heavy atom. The van der Waals surface area contributed by atoms with Crippen LogP contribution in [0, 0.1) is 23.0 Å². The number of aromatic carboxylic acids is 1. The molecule has 1 N–H and O–H groups in total. The van der Waals surface area contributed by atoms with Crippen LogP contribution >= 0.6 is 0 Å². The van der Waals surface area contributed by atoms with Gasteiger partial charge in [-0.3, -0.25) is 4.79 Å². The van der Waals surface area contributed by atoms with Crippen LogP contribution in [-0.2, 0) is 0 Å². The number of benzene rings is 2. The standard InChI is InChI=1S/C17H6F2N2O4/c18-10-4-8-14-16(13(10)19)25-12-3-7(5-20)1-2-11(12)21(14)6-9(15(8)22)17(23)24/h1-4,6H,(H,23,24). The molecule has 0 aliphatic carbocycles. The van der Waals surface area contributed by atoms with E-state index in [4.69, 9.17) is 10.00 Å². The van der Waals surface area contributed by atoms with Gasteiger partial charge in [0.25, 0.3) is 0 Å². The molecule has 3 aromatic rings. The lowest BCUT2D eigenvalue weighted by Crippen LogP contribution is -2.21. The van der Waals surface area contributed by atoms with E-state index < -0.39 is 34.3 Å². The third kappa shape index (κ3) is 1.93. The number of halogens is 2. The predicted octanol–water partition coefficient (Wildman–Crippen LogP) is 2.94. The van der Waals surface area contributed by atoms with Gasteiger partial charge in [-0.15, -0.1) is 0 Å². The number of carbonyl (C=O) groups is 1. The van der Waals surface area contributed by atoms with Gasteiger partial charge in [-0.2, -0.15) is 9.65 Å². The van der Waals surface area contributed by atoms with Crippen LogP contribution in [0.1, 0.15) is 15.9 Å². The molecule has 2 aromatic carbocycles. The number of rotatable bonds is 1. The monoisotopic (exact) mass is 340 g/mol. The summed E-state index contributed by atoms with van der Waals surface area (Å²) < 4.78 is 34.7. The third-order valence-electron chi connectivity index (χ3n) is 3.93. The lowest BCUT2D eigenvalue weighted by atomic mass is 10.1. The first-order valence-corrected chi connectivity index (χ1v) is 6.95. The van der Waals surface area contributed by atoms with Gasteiger partial charge in [0.15, 0.2) is 17.3 Å². The Kier molecular flexibility index (Phi) is 2.90. The largest absolute Gasteiger partial charge is 0.477 e. The number of ether oxygens (including phenoxy) is 1. The molecular formula is C17H6F2N2O4. The van der Waals surface area contributed by atoms with E-state index in [9.17, 15) is 23.5 Å². The summed E-state index contributed by atoms with van der Waals surface area (Å²) in [7, 11) is 0. The summed E-state index contributed by atoms with van der Waals surface area (Å²) in [5.74, 6) is -4.64. The normalized spacial score (nSPS) is 11.6. The zero-order chi connectivity index (χ0) is 17.9. The summed E-state index contributed by atoms with van der Waals surface area (Å²) in [5, 5.41) is 17.9. The molecule has 0 bridgehead atoms. The smallest absolute Gasteiger partial charge is 0.341 e. The molecule has 0 saturated carbocycles. The fraction of sp³-hybridized carbons (Fsp3) is 0. The number of hydrogen-bond acceptors (Lipinski definition) is 4. The van der Waals surface area contributed by atoms with E-state index >= 15 is 0 Å². The highest BCUT2D eigenvalue weighted by molar-refractivity contribution is 5.96. The van der Waals surface area contributed by atoms with Crippen molar-refractivity contribution in [2.75, 3.05) is 0 Å². The van der Waals surface area contributed by atoms with E-state index in [1.165, 1.54) is 22.8 Å². The molecule has 0 radical (unpaired) electrons. The van der Waals surface area contributed by atoms with Gasteiger partial charge in [0.1, 0.15) is 11.1 Å². The fourth-order valence-electron chi connectivity index (χ4n) is 2.81. The summed E-state index contributed by atoms with van der Waals surface area (Å²) in [4.78, 5) is 23.7. The molecule has 0 spiro atoms. The zero-order valence-corrected chi connectivity index (χ0v) is 12.2. The van der Waals surface area contributed by atoms with Crippen molar-refractivity contribution in [1.29, 1.82) is 5.26 Å². The van der Waals surface area contributed by atoms with Crippen molar-refractivity contribution in [3.63, 3.8) is 0 Å². The van der Waals surface area contributed by atoms with E-state index in [1.54, 1.807) is 0 Å². The minimum absolute atomic E-state index is 0.0392. The molecule has 2 heterocycles. The molecule has 0 atom stereocenters. The lowest BCUT2D eigenvalue weighted by Gasteiger charge is -2.24. The molecule has 1 aliphatic rings. The van der Waals surface area contributed by atoms with Crippen molar-refractivity contribution < 1.29 is 23.4 Å². The zero-order valence-electron chi connectivity index (χ0n) is 12.2. The van der Waals surface area contributed by atoms with Crippen LogP contribution in [-0.4, -0.2) is 15.6 Å².